The summed E-state index contributed by atoms with van der Waals surface area (Å²) in [5.41, 5.74) is 6.92. The van der Waals surface area contributed by atoms with Gasteiger partial charge < -0.3 is 15.6 Å². The number of hydrogen-bond donors (Lipinski definition) is 2. The zero-order valence-corrected chi connectivity index (χ0v) is 14.4. The molecule has 3 N–H and O–H groups in total. The molecule has 8 heteroatoms. The number of carbonyl (C=O) groups is 2. The normalized spacial score (nSPS) is 24.1. The summed E-state index contributed by atoms with van der Waals surface area (Å²) in [5.74, 6) is -0.961. The number of imidazole rings is 1. The molecule has 2 amide bonds. The second-order valence-corrected chi connectivity index (χ2v) is 6.96. The number of halogens is 2. The Bertz CT molecular complexity index is 896. The van der Waals surface area contributed by atoms with Crippen molar-refractivity contribution < 1.29 is 14.0 Å². The van der Waals surface area contributed by atoms with Crippen molar-refractivity contribution in [1.82, 2.24) is 14.9 Å². The Labute approximate surface area is 145 Å². The van der Waals surface area contributed by atoms with E-state index in [-0.39, 0.29) is 29.2 Å². The number of allylic oxidation sites excluding steroid dienone is 5. The Balaban J connectivity index is 2.02. The van der Waals surface area contributed by atoms with Gasteiger partial charge in [0.1, 0.15) is 17.3 Å². The molecule has 1 aromatic heterocycles. The van der Waals surface area contributed by atoms with E-state index in [0.717, 1.165) is 12.0 Å². The molecule has 1 aromatic rings. The van der Waals surface area contributed by atoms with Gasteiger partial charge in [-0.3, -0.25) is 9.59 Å². The van der Waals surface area contributed by atoms with Crippen LogP contribution in [0.1, 0.15) is 45.7 Å². The smallest absolute Gasteiger partial charge is 0.270 e. The number of amides is 2. The summed E-state index contributed by atoms with van der Waals surface area (Å²) < 4.78 is 16.7. The van der Waals surface area contributed by atoms with Gasteiger partial charge in [0.15, 0.2) is 5.69 Å². The van der Waals surface area contributed by atoms with E-state index in [2.05, 4.69) is 26.2 Å². The molecule has 0 radical (unpaired) electrons. The summed E-state index contributed by atoms with van der Waals surface area (Å²) in [6.45, 7) is 0. The first kappa shape index (κ1) is 15.3. The average molecular weight is 393 g/mol. The molecule has 6 nitrogen and oxygen atoms in total. The van der Waals surface area contributed by atoms with Crippen molar-refractivity contribution in [2.45, 2.75) is 18.9 Å². The van der Waals surface area contributed by atoms with E-state index in [4.69, 9.17) is 5.73 Å². The minimum Gasteiger partial charge on any atom is -0.364 e. The van der Waals surface area contributed by atoms with Crippen molar-refractivity contribution in [2.75, 3.05) is 7.05 Å². The largest absolute Gasteiger partial charge is 0.364 e. The average Bonchev–Trinajstić information content (AvgIpc) is 3.02. The van der Waals surface area contributed by atoms with Crippen LogP contribution in [0.2, 0.25) is 0 Å². The molecule has 24 heavy (non-hydrogen) atoms. The van der Waals surface area contributed by atoms with Crippen molar-refractivity contribution in [1.29, 1.82) is 0 Å². The Kier molecular flexibility index (Phi) is 3.28. The predicted octanol–water partition coefficient (Wildman–Crippen LogP) is 2.21. The zero-order valence-electron chi connectivity index (χ0n) is 12.8. The van der Waals surface area contributed by atoms with E-state index < -0.39 is 11.8 Å². The molecule has 2 aliphatic carbocycles. The SMILES string of the molecule is CNC(=O)c1c(C(N)=O)nc2n1C1CC3C=C(F)C(=C1C3)C(Br)=C2. The monoisotopic (exact) mass is 392 g/mol. The van der Waals surface area contributed by atoms with Gasteiger partial charge in [0.2, 0.25) is 0 Å². The quantitative estimate of drug-likeness (QED) is 0.808. The lowest BCUT2D eigenvalue weighted by atomic mass is 9.96. The molecule has 0 saturated heterocycles. The van der Waals surface area contributed by atoms with Crippen LogP contribution in [0.15, 0.2) is 27.5 Å². The number of primary amides is 1. The molecule has 4 rings (SSSR count). The van der Waals surface area contributed by atoms with Crippen molar-refractivity contribution in [3.8, 4) is 0 Å². The highest BCUT2D eigenvalue weighted by Crippen LogP contribution is 2.52. The third-order valence-electron chi connectivity index (χ3n) is 4.77. The third-order valence-corrected chi connectivity index (χ3v) is 5.40. The summed E-state index contributed by atoms with van der Waals surface area (Å²) in [6, 6.07) is -0.219. The Morgan fingerprint density at radius 2 is 2.25 bits per heavy atom. The lowest BCUT2D eigenvalue weighted by molar-refractivity contribution is 0.0933. The van der Waals surface area contributed by atoms with Gasteiger partial charge in [0.25, 0.3) is 11.8 Å². The minimum absolute atomic E-state index is 0.0696. The van der Waals surface area contributed by atoms with Crippen LogP contribution >= 0.6 is 15.9 Å². The van der Waals surface area contributed by atoms with Crippen LogP contribution in [0.5, 0.6) is 0 Å². The van der Waals surface area contributed by atoms with Gasteiger partial charge in [-0.05, 0) is 52.4 Å². The third kappa shape index (κ3) is 1.95. The summed E-state index contributed by atoms with van der Waals surface area (Å²) in [6.07, 6.45) is 4.65. The van der Waals surface area contributed by atoms with E-state index >= 15 is 0 Å². The molecule has 2 heterocycles. The number of hydrogen-bond acceptors (Lipinski definition) is 3. The van der Waals surface area contributed by atoms with Crippen LogP contribution in [0.25, 0.3) is 6.08 Å². The Morgan fingerprint density at radius 1 is 1.50 bits per heavy atom. The number of aromatic nitrogens is 2. The molecule has 1 aliphatic heterocycles. The van der Waals surface area contributed by atoms with Crippen molar-refractivity contribution in [3.05, 3.63) is 44.7 Å². The highest BCUT2D eigenvalue weighted by molar-refractivity contribution is 9.12. The van der Waals surface area contributed by atoms with Gasteiger partial charge in [-0.2, -0.15) is 0 Å². The fraction of sp³-hybridized carbons (Fsp3) is 0.312. The molecule has 2 atom stereocenters. The number of nitrogens with zero attached hydrogens (tertiary/aromatic N) is 2. The van der Waals surface area contributed by atoms with Gasteiger partial charge in [-0.1, -0.05) is 0 Å². The van der Waals surface area contributed by atoms with Crippen LogP contribution < -0.4 is 11.1 Å². The summed E-state index contributed by atoms with van der Waals surface area (Å²) in [4.78, 5) is 28.4. The van der Waals surface area contributed by atoms with E-state index in [1.165, 1.54) is 7.05 Å². The summed E-state index contributed by atoms with van der Waals surface area (Å²) >= 11 is 3.41. The van der Waals surface area contributed by atoms with Gasteiger partial charge in [-0.15, -0.1) is 0 Å². The van der Waals surface area contributed by atoms with Crippen LogP contribution in [0.3, 0.4) is 0 Å². The molecule has 0 aromatic carbocycles. The minimum atomic E-state index is -0.766. The molecule has 3 aliphatic rings. The topological polar surface area (TPSA) is 90.0 Å². The fourth-order valence-corrected chi connectivity index (χ4v) is 4.51. The molecule has 1 fully saturated rings. The fourth-order valence-electron chi connectivity index (χ4n) is 3.86. The Morgan fingerprint density at radius 3 is 2.92 bits per heavy atom. The standard InChI is InChI=1S/C16H14BrFN4O2/c1-20-16(24)14-13(15(19)23)21-11-5-8(17)12-7-2-6(3-9(12)18)4-10(7)22(11)14/h3,5-6,10H,2,4H2,1H3,(H2,19,23)(H,20,24). The number of nitrogens with two attached hydrogens (primary N) is 1. The van der Waals surface area contributed by atoms with Gasteiger partial charge >= 0.3 is 0 Å². The van der Waals surface area contributed by atoms with E-state index in [1.807, 2.05) is 0 Å². The van der Waals surface area contributed by atoms with E-state index in [1.54, 1.807) is 16.7 Å². The van der Waals surface area contributed by atoms with Crippen LogP contribution in [0.4, 0.5) is 4.39 Å². The van der Waals surface area contributed by atoms with Crippen molar-refractivity contribution in [3.63, 3.8) is 0 Å². The van der Waals surface area contributed by atoms with Gasteiger partial charge in [0.05, 0.1) is 6.04 Å². The molecule has 124 valence electrons. The summed E-state index contributed by atoms with van der Waals surface area (Å²) in [5, 5.41) is 2.53. The van der Waals surface area contributed by atoms with Gasteiger partial charge in [0, 0.05) is 17.1 Å². The second-order valence-electron chi connectivity index (χ2n) is 6.10. The second kappa shape index (κ2) is 5.14. The zero-order chi connectivity index (χ0) is 17.2. The number of rotatable bonds is 2. The Hall–Kier alpha value is -2.22. The highest BCUT2D eigenvalue weighted by atomic mass is 79.9. The molecular weight excluding hydrogens is 379 g/mol. The molecule has 2 unspecified atom stereocenters. The number of fused-ring (bicyclic) bond motifs is 3. The van der Waals surface area contributed by atoms with Crippen LogP contribution in [0, 0.1) is 5.92 Å². The lowest BCUT2D eigenvalue weighted by Gasteiger charge is -2.19. The number of nitrogens with one attached hydrogen (secondary N) is 1. The van der Waals surface area contributed by atoms with Crippen LogP contribution in [-0.2, 0) is 0 Å². The lowest BCUT2D eigenvalue weighted by Crippen LogP contribution is -2.27. The molecular formula is C16H14BrFN4O2. The van der Waals surface area contributed by atoms with Crippen molar-refractivity contribution >= 4 is 33.8 Å². The van der Waals surface area contributed by atoms with E-state index in [9.17, 15) is 14.0 Å². The predicted molar refractivity (Wildman–Crippen MR) is 89.0 cm³/mol. The summed E-state index contributed by atoms with van der Waals surface area (Å²) in [7, 11) is 1.48. The van der Waals surface area contributed by atoms with Gasteiger partial charge in [-0.25, -0.2) is 9.37 Å². The van der Waals surface area contributed by atoms with Crippen LogP contribution in [-0.4, -0.2) is 28.4 Å². The molecule has 1 saturated carbocycles. The van der Waals surface area contributed by atoms with Crippen molar-refractivity contribution in [2.24, 2.45) is 11.7 Å². The first-order valence-electron chi connectivity index (χ1n) is 7.54. The number of carbonyl (C=O) groups excluding carboxylic acids is 2. The van der Waals surface area contributed by atoms with E-state index in [0.29, 0.717) is 22.3 Å². The maximum atomic E-state index is 14.4. The maximum Gasteiger partial charge on any atom is 0.270 e. The molecule has 2 bridgehead atoms. The maximum absolute atomic E-state index is 14.4. The first-order valence-corrected chi connectivity index (χ1v) is 8.34. The molecule has 0 spiro atoms. The first-order chi connectivity index (χ1) is 11.4. The highest BCUT2D eigenvalue weighted by Gasteiger charge is 2.42.